The maximum Gasteiger partial charge on any atom is 0.261 e. The Morgan fingerprint density at radius 3 is 2.29 bits per heavy atom. The lowest BCUT2D eigenvalue weighted by Crippen LogP contribution is -2.26. The third-order valence-electron chi connectivity index (χ3n) is 4.15. The molecule has 7 heteroatoms. The van der Waals surface area contributed by atoms with E-state index in [0.29, 0.717) is 10.7 Å². The van der Waals surface area contributed by atoms with Gasteiger partial charge in [-0.15, -0.1) is 0 Å². The SMILES string of the molecule is C[C@H](NC(=O)c1cccc(S(=O)(=O)Nc2ccc(Cl)cc2)c1)c1ccccc1. The third kappa shape index (κ3) is 4.91. The molecule has 0 saturated heterocycles. The molecule has 0 heterocycles. The minimum atomic E-state index is -3.84. The number of carbonyl (C=O) groups is 1. The zero-order valence-electron chi connectivity index (χ0n) is 15.1. The van der Waals surface area contributed by atoms with Crippen LogP contribution in [0, 0.1) is 0 Å². The van der Waals surface area contributed by atoms with Crippen LogP contribution >= 0.6 is 11.6 Å². The average Bonchev–Trinajstić information content (AvgIpc) is 2.70. The Morgan fingerprint density at radius 2 is 1.61 bits per heavy atom. The summed E-state index contributed by atoms with van der Waals surface area (Å²) in [7, 11) is -3.84. The monoisotopic (exact) mass is 414 g/mol. The number of amides is 1. The van der Waals surface area contributed by atoms with Crippen molar-refractivity contribution in [3.8, 4) is 0 Å². The second-order valence-electron chi connectivity index (χ2n) is 6.25. The Hall–Kier alpha value is -2.83. The molecule has 2 N–H and O–H groups in total. The Bertz CT molecular complexity index is 1070. The molecule has 1 amide bonds. The van der Waals surface area contributed by atoms with Crippen molar-refractivity contribution in [1.82, 2.24) is 5.32 Å². The fraction of sp³-hybridized carbons (Fsp3) is 0.0952. The van der Waals surface area contributed by atoms with Crippen molar-refractivity contribution in [2.75, 3.05) is 4.72 Å². The highest BCUT2D eigenvalue weighted by atomic mass is 35.5. The number of carbonyl (C=O) groups excluding carboxylic acids is 1. The van der Waals surface area contributed by atoms with Crippen molar-refractivity contribution < 1.29 is 13.2 Å². The van der Waals surface area contributed by atoms with Crippen LogP contribution in [0.3, 0.4) is 0 Å². The Morgan fingerprint density at radius 1 is 0.929 bits per heavy atom. The molecule has 5 nitrogen and oxygen atoms in total. The molecule has 0 saturated carbocycles. The van der Waals surface area contributed by atoms with Gasteiger partial charge in [0.15, 0.2) is 0 Å². The van der Waals surface area contributed by atoms with Gasteiger partial charge < -0.3 is 5.32 Å². The van der Waals surface area contributed by atoms with E-state index in [4.69, 9.17) is 11.6 Å². The van der Waals surface area contributed by atoms with Gasteiger partial charge in [0, 0.05) is 16.3 Å². The average molecular weight is 415 g/mol. The first-order valence-electron chi connectivity index (χ1n) is 8.59. The molecule has 0 aliphatic carbocycles. The van der Waals surface area contributed by atoms with Gasteiger partial charge in [0.2, 0.25) is 0 Å². The fourth-order valence-electron chi connectivity index (χ4n) is 2.64. The molecule has 1 atom stereocenters. The summed E-state index contributed by atoms with van der Waals surface area (Å²) in [5.74, 6) is -0.347. The fourth-order valence-corrected chi connectivity index (χ4v) is 3.87. The molecule has 0 bridgehead atoms. The smallest absolute Gasteiger partial charge is 0.261 e. The van der Waals surface area contributed by atoms with Crippen molar-refractivity contribution >= 4 is 33.2 Å². The van der Waals surface area contributed by atoms with Crippen LogP contribution in [0.25, 0.3) is 0 Å². The van der Waals surface area contributed by atoms with E-state index < -0.39 is 10.0 Å². The Kier molecular flexibility index (Phi) is 6.02. The van der Waals surface area contributed by atoms with Gasteiger partial charge in [0.1, 0.15) is 0 Å². The minimum Gasteiger partial charge on any atom is -0.346 e. The molecule has 0 radical (unpaired) electrons. The summed E-state index contributed by atoms with van der Waals surface area (Å²) in [5, 5.41) is 3.39. The second kappa shape index (κ2) is 8.46. The van der Waals surface area contributed by atoms with Crippen molar-refractivity contribution in [3.63, 3.8) is 0 Å². The summed E-state index contributed by atoms with van der Waals surface area (Å²) in [4.78, 5) is 12.6. The van der Waals surface area contributed by atoms with Crippen LogP contribution < -0.4 is 10.0 Å². The molecular formula is C21H19ClN2O3S. The predicted molar refractivity (Wildman–Crippen MR) is 111 cm³/mol. The third-order valence-corrected chi connectivity index (χ3v) is 5.78. The molecule has 0 unspecified atom stereocenters. The zero-order valence-corrected chi connectivity index (χ0v) is 16.7. The lowest BCUT2D eigenvalue weighted by Gasteiger charge is -2.15. The highest BCUT2D eigenvalue weighted by molar-refractivity contribution is 7.92. The Labute approximate surface area is 169 Å². The highest BCUT2D eigenvalue weighted by Gasteiger charge is 2.17. The van der Waals surface area contributed by atoms with Gasteiger partial charge >= 0.3 is 0 Å². The van der Waals surface area contributed by atoms with E-state index in [0.717, 1.165) is 5.56 Å². The molecule has 0 aliphatic rings. The molecule has 0 spiro atoms. The van der Waals surface area contributed by atoms with Gasteiger partial charge in [-0.3, -0.25) is 9.52 Å². The van der Waals surface area contributed by atoms with Crippen molar-refractivity contribution in [2.45, 2.75) is 17.9 Å². The first-order valence-corrected chi connectivity index (χ1v) is 10.5. The van der Waals surface area contributed by atoms with Crippen LogP contribution in [-0.2, 0) is 10.0 Å². The number of hydrogen-bond donors (Lipinski definition) is 2. The van der Waals surface area contributed by atoms with Gasteiger partial charge in [0.25, 0.3) is 15.9 Å². The van der Waals surface area contributed by atoms with Gasteiger partial charge in [-0.25, -0.2) is 8.42 Å². The zero-order chi connectivity index (χ0) is 20.1. The van der Waals surface area contributed by atoms with Crippen LogP contribution in [0.4, 0.5) is 5.69 Å². The lowest BCUT2D eigenvalue weighted by atomic mass is 10.1. The molecule has 0 aliphatic heterocycles. The van der Waals surface area contributed by atoms with Crippen LogP contribution in [0.15, 0.2) is 83.8 Å². The van der Waals surface area contributed by atoms with Crippen LogP contribution in [0.1, 0.15) is 28.9 Å². The molecule has 28 heavy (non-hydrogen) atoms. The summed E-state index contributed by atoms with van der Waals surface area (Å²) in [6, 6.07) is 21.6. The van der Waals surface area contributed by atoms with Gasteiger partial charge in [0.05, 0.1) is 10.9 Å². The lowest BCUT2D eigenvalue weighted by molar-refractivity contribution is 0.0939. The van der Waals surface area contributed by atoms with Crippen molar-refractivity contribution in [1.29, 1.82) is 0 Å². The van der Waals surface area contributed by atoms with Crippen molar-refractivity contribution in [2.24, 2.45) is 0 Å². The number of anilines is 1. The molecule has 3 aromatic carbocycles. The molecular weight excluding hydrogens is 396 g/mol. The molecule has 0 aromatic heterocycles. The maximum absolute atomic E-state index is 12.6. The van der Waals surface area contributed by atoms with Crippen LogP contribution in [0.5, 0.6) is 0 Å². The predicted octanol–water partition coefficient (Wildman–Crippen LogP) is 4.63. The first-order chi connectivity index (χ1) is 13.3. The topological polar surface area (TPSA) is 75.3 Å². The van der Waals surface area contributed by atoms with E-state index in [2.05, 4.69) is 10.0 Å². The number of nitrogens with one attached hydrogen (secondary N) is 2. The van der Waals surface area contributed by atoms with E-state index >= 15 is 0 Å². The summed E-state index contributed by atoms with van der Waals surface area (Å²) in [5.41, 5.74) is 1.61. The summed E-state index contributed by atoms with van der Waals surface area (Å²) >= 11 is 5.82. The van der Waals surface area contributed by atoms with E-state index in [-0.39, 0.29) is 22.4 Å². The van der Waals surface area contributed by atoms with E-state index in [9.17, 15) is 13.2 Å². The van der Waals surface area contributed by atoms with Crippen LogP contribution in [-0.4, -0.2) is 14.3 Å². The number of hydrogen-bond acceptors (Lipinski definition) is 3. The molecule has 144 valence electrons. The summed E-state index contributed by atoms with van der Waals surface area (Å²) in [6.07, 6.45) is 0. The van der Waals surface area contributed by atoms with E-state index in [1.165, 1.54) is 12.1 Å². The standard InChI is InChI=1S/C21H19ClN2O3S/c1-15(16-6-3-2-4-7-16)23-21(25)17-8-5-9-20(14-17)28(26,27)24-19-12-10-18(22)11-13-19/h2-15,24H,1H3,(H,23,25)/t15-/m0/s1. The van der Waals surface area contributed by atoms with Gasteiger partial charge in [-0.05, 0) is 55.0 Å². The largest absolute Gasteiger partial charge is 0.346 e. The minimum absolute atomic E-state index is 0.00228. The first kappa shape index (κ1) is 19.9. The number of halogens is 1. The normalized spacial score (nSPS) is 12.2. The Balaban J connectivity index is 1.77. The van der Waals surface area contributed by atoms with Crippen LogP contribution in [0.2, 0.25) is 5.02 Å². The summed E-state index contributed by atoms with van der Waals surface area (Å²) in [6.45, 7) is 1.87. The van der Waals surface area contributed by atoms with E-state index in [1.54, 1.807) is 36.4 Å². The molecule has 3 rings (SSSR count). The van der Waals surface area contributed by atoms with Gasteiger partial charge in [-0.2, -0.15) is 0 Å². The van der Waals surface area contributed by atoms with E-state index in [1.807, 2.05) is 37.3 Å². The van der Waals surface area contributed by atoms with Gasteiger partial charge in [-0.1, -0.05) is 48.0 Å². The molecule has 3 aromatic rings. The number of sulfonamides is 1. The summed E-state index contributed by atoms with van der Waals surface area (Å²) < 4.78 is 27.7. The molecule has 0 fully saturated rings. The van der Waals surface area contributed by atoms with Crippen molar-refractivity contribution in [3.05, 3.63) is 95.0 Å². The second-order valence-corrected chi connectivity index (χ2v) is 8.36. The number of rotatable bonds is 6. The quantitative estimate of drug-likeness (QED) is 0.617. The highest BCUT2D eigenvalue weighted by Crippen LogP contribution is 2.20. The maximum atomic E-state index is 12.6. The number of benzene rings is 3.